The molecule has 4 rings (SSSR count). The Bertz CT molecular complexity index is 1270. The highest BCUT2D eigenvalue weighted by molar-refractivity contribution is 5.78. The van der Waals surface area contributed by atoms with E-state index in [0.717, 1.165) is 41.1 Å². The van der Waals surface area contributed by atoms with Gasteiger partial charge in [0.25, 0.3) is 5.95 Å². The summed E-state index contributed by atoms with van der Waals surface area (Å²) in [7, 11) is 1.77. The van der Waals surface area contributed by atoms with E-state index in [1.165, 1.54) is 0 Å². The standard InChI is InChI=1S/C23H24N8O/c1-4-9-17(5-2)14-15-24-21-13-8-10-18(25-21)16-32-23-26-19-11-6-7-12-20(19)31(23)22-27-28-29-30(22)3/h4-13H,1-2,14-16H2,3H3,(H,24,25)/b17-9+. The molecule has 0 unspecified atom stereocenters. The molecule has 0 saturated heterocycles. The summed E-state index contributed by atoms with van der Waals surface area (Å²) in [6.45, 7) is 8.53. The second-order valence-electron chi connectivity index (χ2n) is 6.98. The highest BCUT2D eigenvalue weighted by atomic mass is 16.5. The van der Waals surface area contributed by atoms with E-state index in [0.29, 0.717) is 12.0 Å². The molecule has 0 aliphatic carbocycles. The Kier molecular flexibility index (Phi) is 6.35. The maximum atomic E-state index is 6.05. The molecule has 0 aliphatic rings. The van der Waals surface area contributed by atoms with Crippen LogP contribution in [0.3, 0.4) is 0 Å². The normalized spacial score (nSPS) is 11.5. The maximum Gasteiger partial charge on any atom is 0.305 e. The Labute approximate surface area is 185 Å². The van der Waals surface area contributed by atoms with Crippen LogP contribution in [0.25, 0.3) is 17.0 Å². The van der Waals surface area contributed by atoms with Gasteiger partial charge in [-0.25, -0.2) is 14.2 Å². The molecule has 32 heavy (non-hydrogen) atoms. The molecule has 4 aromatic rings. The smallest absolute Gasteiger partial charge is 0.305 e. The molecule has 3 aromatic heterocycles. The number of nitrogens with zero attached hydrogens (tertiary/aromatic N) is 7. The molecule has 0 spiro atoms. The number of allylic oxidation sites excluding steroid dienone is 3. The molecular formula is C23H24N8O. The third-order valence-corrected chi connectivity index (χ3v) is 4.80. The fourth-order valence-corrected chi connectivity index (χ4v) is 3.24. The van der Waals surface area contributed by atoms with Crippen LogP contribution in [-0.4, -0.2) is 41.3 Å². The molecule has 1 N–H and O–H groups in total. The predicted octanol–water partition coefficient (Wildman–Crippen LogP) is 3.62. The molecule has 162 valence electrons. The number of hydrogen-bond acceptors (Lipinski definition) is 7. The van der Waals surface area contributed by atoms with Gasteiger partial charge < -0.3 is 10.1 Å². The van der Waals surface area contributed by atoms with E-state index >= 15 is 0 Å². The van der Waals surface area contributed by atoms with Gasteiger partial charge in [-0.1, -0.05) is 54.7 Å². The quantitative estimate of drug-likeness (QED) is 0.385. The summed E-state index contributed by atoms with van der Waals surface area (Å²) < 4.78 is 9.42. The first-order valence-corrected chi connectivity index (χ1v) is 10.2. The number of pyridine rings is 1. The van der Waals surface area contributed by atoms with Crippen molar-refractivity contribution in [2.24, 2.45) is 7.05 Å². The van der Waals surface area contributed by atoms with E-state index in [4.69, 9.17) is 4.74 Å². The van der Waals surface area contributed by atoms with Gasteiger partial charge >= 0.3 is 6.01 Å². The predicted molar refractivity (Wildman–Crippen MR) is 124 cm³/mol. The highest BCUT2D eigenvalue weighted by Gasteiger charge is 2.18. The van der Waals surface area contributed by atoms with Crippen LogP contribution in [0, 0.1) is 0 Å². The number of fused-ring (bicyclic) bond motifs is 1. The molecular weight excluding hydrogens is 404 g/mol. The van der Waals surface area contributed by atoms with Crippen molar-refractivity contribution in [1.29, 1.82) is 0 Å². The summed E-state index contributed by atoms with van der Waals surface area (Å²) >= 11 is 0. The summed E-state index contributed by atoms with van der Waals surface area (Å²) in [5.74, 6) is 1.29. The zero-order valence-corrected chi connectivity index (χ0v) is 17.8. The van der Waals surface area contributed by atoms with E-state index in [2.05, 4.69) is 44.0 Å². The van der Waals surface area contributed by atoms with E-state index in [1.807, 2.05) is 54.6 Å². The van der Waals surface area contributed by atoms with Crippen LogP contribution < -0.4 is 10.1 Å². The molecule has 0 bridgehead atoms. The Morgan fingerprint density at radius 2 is 2.00 bits per heavy atom. The van der Waals surface area contributed by atoms with Crippen molar-refractivity contribution < 1.29 is 4.74 Å². The number of rotatable bonds is 10. The Balaban J connectivity index is 1.49. The van der Waals surface area contributed by atoms with Crippen molar-refractivity contribution in [2.75, 3.05) is 11.9 Å². The number of benzene rings is 1. The van der Waals surface area contributed by atoms with E-state index in [-0.39, 0.29) is 6.61 Å². The van der Waals surface area contributed by atoms with Crippen LogP contribution in [0.2, 0.25) is 0 Å². The van der Waals surface area contributed by atoms with E-state index in [9.17, 15) is 0 Å². The van der Waals surface area contributed by atoms with Crippen molar-refractivity contribution in [2.45, 2.75) is 13.0 Å². The molecule has 0 aliphatic heterocycles. The number of nitrogens with one attached hydrogen (secondary N) is 1. The molecule has 0 amide bonds. The van der Waals surface area contributed by atoms with Crippen molar-refractivity contribution >= 4 is 16.9 Å². The van der Waals surface area contributed by atoms with Crippen molar-refractivity contribution in [1.82, 2.24) is 34.7 Å². The summed E-state index contributed by atoms with van der Waals surface area (Å²) in [6, 6.07) is 13.9. The lowest BCUT2D eigenvalue weighted by Crippen LogP contribution is -2.09. The number of aryl methyl sites for hydroxylation is 1. The zero-order valence-electron chi connectivity index (χ0n) is 17.8. The van der Waals surface area contributed by atoms with Gasteiger partial charge in [-0.3, -0.25) is 0 Å². The lowest BCUT2D eigenvalue weighted by atomic mass is 10.1. The minimum Gasteiger partial charge on any atom is -0.458 e. The Morgan fingerprint density at radius 1 is 1.12 bits per heavy atom. The molecule has 1 aromatic carbocycles. The second-order valence-corrected chi connectivity index (χ2v) is 6.98. The number of hydrogen-bond donors (Lipinski definition) is 1. The number of tetrazole rings is 1. The van der Waals surface area contributed by atoms with Gasteiger partial charge in [0.1, 0.15) is 12.4 Å². The van der Waals surface area contributed by atoms with Gasteiger partial charge in [0.2, 0.25) is 0 Å². The second kappa shape index (κ2) is 9.69. The molecule has 9 heteroatoms. The van der Waals surface area contributed by atoms with Crippen LogP contribution in [0.4, 0.5) is 5.82 Å². The van der Waals surface area contributed by atoms with Gasteiger partial charge in [0.15, 0.2) is 0 Å². The lowest BCUT2D eigenvalue weighted by Gasteiger charge is -2.10. The van der Waals surface area contributed by atoms with Crippen molar-refractivity contribution in [3.63, 3.8) is 0 Å². The number of para-hydroxylation sites is 2. The first kappa shape index (κ1) is 21.0. The fraction of sp³-hybridized carbons (Fsp3) is 0.174. The minimum absolute atomic E-state index is 0.248. The van der Waals surface area contributed by atoms with Crippen LogP contribution in [-0.2, 0) is 13.7 Å². The van der Waals surface area contributed by atoms with Gasteiger partial charge in [0.05, 0.1) is 16.7 Å². The average Bonchev–Trinajstić information content (AvgIpc) is 3.39. The van der Waals surface area contributed by atoms with Gasteiger partial charge in [0, 0.05) is 13.6 Å². The van der Waals surface area contributed by atoms with Crippen LogP contribution >= 0.6 is 0 Å². The first-order valence-electron chi connectivity index (χ1n) is 10.2. The summed E-state index contributed by atoms with van der Waals surface area (Å²) in [4.78, 5) is 9.24. The molecule has 0 atom stereocenters. The van der Waals surface area contributed by atoms with Crippen LogP contribution in [0.5, 0.6) is 6.01 Å². The van der Waals surface area contributed by atoms with Crippen LogP contribution in [0.1, 0.15) is 12.1 Å². The maximum absolute atomic E-state index is 6.05. The molecule has 0 saturated carbocycles. The first-order chi connectivity index (χ1) is 15.7. The van der Waals surface area contributed by atoms with Crippen molar-refractivity contribution in [3.05, 3.63) is 85.1 Å². The van der Waals surface area contributed by atoms with Gasteiger partial charge in [-0.15, -0.1) is 0 Å². The Hall–Kier alpha value is -4.27. The molecule has 9 nitrogen and oxygen atoms in total. The van der Waals surface area contributed by atoms with Crippen molar-refractivity contribution in [3.8, 4) is 12.0 Å². The lowest BCUT2D eigenvalue weighted by molar-refractivity contribution is 0.272. The topological polar surface area (TPSA) is 95.6 Å². The SMILES string of the molecule is C=C/C=C(\C=C)CCNc1cccc(COc2nc3ccccc3n2-c2nnnn2C)n1. The third-order valence-electron chi connectivity index (χ3n) is 4.80. The number of aromatic nitrogens is 7. The average molecular weight is 429 g/mol. The van der Waals surface area contributed by atoms with E-state index in [1.54, 1.807) is 22.4 Å². The molecule has 3 heterocycles. The van der Waals surface area contributed by atoms with Crippen LogP contribution in [0.15, 0.2) is 79.4 Å². The monoisotopic (exact) mass is 428 g/mol. The fourth-order valence-electron chi connectivity index (χ4n) is 3.24. The summed E-state index contributed by atoms with van der Waals surface area (Å²) in [5.41, 5.74) is 3.54. The third kappa shape index (κ3) is 4.56. The minimum atomic E-state index is 0.248. The summed E-state index contributed by atoms with van der Waals surface area (Å²) in [6.07, 6.45) is 6.37. The van der Waals surface area contributed by atoms with Gasteiger partial charge in [-0.05, 0) is 46.7 Å². The zero-order chi connectivity index (χ0) is 22.3. The molecule has 0 radical (unpaired) electrons. The molecule has 0 fully saturated rings. The van der Waals surface area contributed by atoms with Gasteiger partial charge in [-0.2, -0.15) is 4.98 Å². The Morgan fingerprint density at radius 3 is 2.78 bits per heavy atom. The highest BCUT2D eigenvalue weighted by Crippen LogP contribution is 2.25. The number of anilines is 1. The summed E-state index contributed by atoms with van der Waals surface area (Å²) in [5, 5.41) is 15.1. The van der Waals surface area contributed by atoms with E-state index < -0.39 is 0 Å². The largest absolute Gasteiger partial charge is 0.458 e. The number of imidazole rings is 1. The number of ether oxygens (including phenoxy) is 1.